The Morgan fingerprint density at radius 3 is 1.75 bits per heavy atom. The molecule has 23 heteroatoms. The van der Waals surface area contributed by atoms with Crippen LogP contribution in [0.25, 0.3) is 0 Å². The zero-order valence-corrected chi connectivity index (χ0v) is 33.3. The number of benzene rings is 2. The Morgan fingerprint density at radius 2 is 1.22 bits per heavy atom. The number of ether oxygens (including phenoxy) is 2. The van der Waals surface area contributed by atoms with Gasteiger partial charge in [-0.25, -0.2) is 9.97 Å². The number of likely N-dealkylation sites (N-methyl/N-ethyl adjacent to an activating group) is 2. The molecule has 20 nitrogen and oxygen atoms in total. The number of hydrogen-bond donors (Lipinski definition) is 3. The monoisotopic (exact) mass is 870 g/mol. The molecule has 0 saturated carbocycles. The van der Waals surface area contributed by atoms with E-state index in [1.807, 2.05) is 0 Å². The fraction of sp³-hybridized carbons (Fsp3) is 0.278. The number of aliphatic hydroxyl groups is 2. The summed E-state index contributed by atoms with van der Waals surface area (Å²) in [5.41, 5.74) is 0.808. The highest BCUT2D eigenvalue weighted by Gasteiger charge is 2.28. The Balaban J connectivity index is 0.000000165. The molecule has 2 aliphatic rings. The highest BCUT2D eigenvalue weighted by Crippen LogP contribution is 2.25. The van der Waals surface area contributed by atoms with Crippen molar-refractivity contribution in [3.05, 3.63) is 126 Å². The number of nitrogens with one attached hydrogen (secondary N) is 1. The predicted molar refractivity (Wildman–Crippen MR) is 209 cm³/mol. The second kappa shape index (κ2) is 19.0. The van der Waals surface area contributed by atoms with E-state index in [-0.39, 0.29) is 90.7 Å². The van der Waals surface area contributed by atoms with Gasteiger partial charge in [0.25, 0.3) is 22.9 Å². The van der Waals surface area contributed by atoms with E-state index in [9.17, 15) is 29.4 Å². The van der Waals surface area contributed by atoms with E-state index in [0.717, 1.165) is 5.56 Å². The topological polar surface area (TPSA) is 258 Å². The molecule has 0 spiro atoms. The van der Waals surface area contributed by atoms with Gasteiger partial charge in [0.05, 0.1) is 18.5 Å². The number of amides is 2. The molecule has 0 unspecified atom stereocenters. The summed E-state index contributed by atoms with van der Waals surface area (Å²) >= 11 is 17.1. The number of aromatic nitrogens is 8. The van der Waals surface area contributed by atoms with Gasteiger partial charge < -0.3 is 43.5 Å². The van der Waals surface area contributed by atoms with Crippen LogP contribution in [-0.4, -0.2) is 89.1 Å². The minimum Gasteiger partial charge on any atom is -0.466 e. The molecule has 0 saturated heterocycles. The maximum atomic E-state index is 12.7. The van der Waals surface area contributed by atoms with E-state index >= 15 is 0 Å². The lowest BCUT2D eigenvalue weighted by Crippen LogP contribution is -2.41. The Morgan fingerprint density at radius 1 is 0.729 bits per heavy atom. The van der Waals surface area contributed by atoms with Crippen LogP contribution in [0.1, 0.15) is 46.8 Å². The Hall–Kier alpha value is -6.19. The average molecular weight is 872 g/mol. The SMILES string of the molecule is CN1C(=O)COc2nc[nH]c(=O)c21.CN1C(=O)COc2ncn(Cc3nc(C[C@H](O)c4ccc(Cl)cc4)no3)c(=O)c21.O[C@@H](Cc1noc(CCl)n1)c1ccc(Cl)cc1. The van der Waals surface area contributed by atoms with Gasteiger partial charge in [0, 0.05) is 37.0 Å². The quantitative estimate of drug-likeness (QED) is 0.177. The lowest BCUT2D eigenvalue weighted by Gasteiger charge is -2.24. The first-order valence-corrected chi connectivity index (χ1v) is 18.6. The van der Waals surface area contributed by atoms with Crippen LogP contribution in [0.2, 0.25) is 10.0 Å². The van der Waals surface area contributed by atoms with Gasteiger partial charge in [0.2, 0.25) is 23.5 Å². The van der Waals surface area contributed by atoms with Gasteiger partial charge >= 0.3 is 0 Å². The van der Waals surface area contributed by atoms with E-state index in [0.29, 0.717) is 27.3 Å². The molecule has 6 heterocycles. The van der Waals surface area contributed by atoms with Crippen LogP contribution in [0.5, 0.6) is 11.8 Å². The molecule has 0 bridgehead atoms. The number of nitrogens with zero attached hydrogens (tertiary/aromatic N) is 9. The number of aliphatic hydroxyl groups excluding tert-OH is 2. The van der Waals surface area contributed by atoms with Crippen LogP contribution >= 0.6 is 34.8 Å². The van der Waals surface area contributed by atoms with Gasteiger partial charge in [0.1, 0.15) is 18.8 Å². The van der Waals surface area contributed by atoms with E-state index in [4.69, 9.17) is 53.3 Å². The number of alkyl halides is 1. The summed E-state index contributed by atoms with van der Waals surface area (Å²) in [6.45, 7) is -0.270. The van der Waals surface area contributed by atoms with Crippen LogP contribution in [0.15, 0.2) is 79.8 Å². The molecule has 2 amide bonds. The summed E-state index contributed by atoms with van der Waals surface area (Å²) in [5, 5.41) is 29.0. The van der Waals surface area contributed by atoms with Crippen molar-refractivity contribution in [2.45, 2.75) is 37.5 Å². The van der Waals surface area contributed by atoms with Crippen LogP contribution in [0.4, 0.5) is 11.4 Å². The van der Waals surface area contributed by atoms with Crippen LogP contribution in [0.3, 0.4) is 0 Å². The third-order valence-electron chi connectivity index (χ3n) is 8.56. The number of rotatable bonds is 9. The second-order valence-corrected chi connectivity index (χ2v) is 13.7. The summed E-state index contributed by atoms with van der Waals surface area (Å²) in [6.07, 6.45) is 1.42. The molecule has 308 valence electrons. The van der Waals surface area contributed by atoms with Crippen LogP contribution in [0, 0.1) is 0 Å². The van der Waals surface area contributed by atoms with Gasteiger partial charge in [-0.1, -0.05) is 57.8 Å². The molecule has 0 aliphatic carbocycles. The predicted octanol–water partition coefficient (Wildman–Crippen LogP) is 2.82. The first-order valence-electron chi connectivity index (χ1n) is 17.3. The third kappa shape index (κ3) is 10.5. The largest absolute Gasteiger partial charge is 0.466 e. The third-order valence-corrected chi connectivity index (χ3v) is 9.29. The standard InChI is InChI=1S/C18H16ClN5O5.C11H10Cl2N2O2.C7H7N3O3/c1-23-15(26)8-28-17-16(23)18(27)24(9-20-17)7-14-21-13(22-29-14)6-12(25)10-2-4-11(19)5-3-10;12-6-11-14-10(15-17-11)5-9(16)7-1-3-8(13)4-2-7;1-10-4(11)2-13-7-5(10)6(12)8-3-9-7/h2-5,9,12,25H,6-8H2,1H3;1-4,9,16H,5-6H2;3H,2H2,1H3,(H,8,9,12)/t12-;9-;/m00./s1. The zero-order valence-electron chi connectivity index (χ0n) is 31.0. The van der Waals surface area contributed by atoms with Crippen molar-refractivity contribution in [3.8, 4) is 11.8 Å². The fourth-order valence-corrected chi connectivity index (χ4v) is 5.77. The van der Waals surface area contributed by atoms with Crippen LogP contribution in [-0.2, 0) is 34.9 Å². The molecule has 6 aromatic rings. The number of H-pyrrole nitrogens is 1. The molecular formula is C36H33Cl3N10O10. The number of carbonyl (C=O) groups excluding carboxylic acids is 2. The van der Waals surface area contributed by atoms with E-state index in [1.165, 1.54) is 41.1 Å². The van der Waals surface area contributed by atoms with Gasteiger partial charge in [-0.2, -0.15) is 9.97 Å². The number of halogens is 3. The minimum absolute atomic E-state index is 0.0365. The molecule has 0 radical (unpaired) electrons. The molecule has 2 aliphatic heterocycles. The van der Waals surface area contributed by atoms with Gasteiger partial charge in [0.15, 0.2) is 36.2 Å². The first-order chi connectivity index (χ1) is 28.3. The summed E-state index contributed by atoms with van der Waals surface area (Å²) in [4.78, 5) is 67.7. The molecular weight excluding hydrogens is 839 g/mol. The second-order valence-electron chi connectivity index (χ2n) is 12.6. The van der Waals surface area contributed by atoms with E-state index in [2.05, 4.69) is 35.2 Å². The van der Waals surface area contributed by atoms with Crippen molar-refractivity contribution in [3.63, 3.8) is 0 Å². The highest BCUT2D eigenvalue weighted by atomic mass is 35.5. The lowest BCUT2D eigenvalue weighted by atomic mass is 10.1. The van der Waals surface area contributed by atoms with E-state index < -0.39 is 17.8 Å². The normalized spacial score (nSPS) is 14.1. The van der Waals surface area contributed by atoms with Gasteiger partial charge in [-0.3, -0.25) is 23.7 Å². The zero-order chi connectivity index (χ0) is 42.2. The summed E-state index contributed by atoms with van der Waals surface area (Å²) < 4.78 is 21.4. The molecule has 3 N–H and O–H groups in total. The molecule has 2 aromatic carbocycles. The number of hydrogen-bond acceptors (Lipinski definition) is 16. The number of carbonyl (C=O) groups is 2. The van der Waals surface area contributed by atoms with Crippen molar-refractivity contribution in [1.82, 2.24) is 39.8 Å². The van der Waals surface area contributed by atoms with Crippen molar-refractivity contribution in [2.75, 3.05) is 37.1 Å². The summed E-state index contributed by atoms with van der Waals surface area (Å²) in [7, 11) is 3.00. The van der Waals surface area contributed by atoms with Gasteiger partial charge in [-0.05, 0) is 35.4 Å². The molecule has 2 atom stereocenters. The van der Waals surface area contributed by atoms with Crippen molar-refractivity contribution in [1.29, 1.82) is 0 Å². The Labute approximate surface area is 347 Å². The van der Waals surface area contributed by atoms with Gasteiger partial charge in [-0.15, -0.1) is 11.6 Å². The molecule has 8 rings (SSSR count). The van der Waals surface area contributed by atoms with Crippen molar-refractivity contribution < 1.29 is 38.3 Å². The lowest BCUT2D eigenvalue weighted by molar-refractivity contribution is -0.121. The number of anilines is 2. The Kier molecular flexibility index (Phi) is 13.7. The van der Waals surface area contributed by atoms with E-state index in [1.54, 1.807) is 48.5 Å². The average Bonchev–Trinajstić information content (AvgIpc) is 3.88. The first kappa shape index (κ1) is 42.4. The number of fused-ring (bicyclic) bond motifs is 2. The summed E-state index contributed by atoms with van der Waals surface area (Å²) in [6, 6.07) is 13.8. The molecule has 4 aromatic heterocycles. The minimum atomic E-state index is -0.831. The fourth-order valence-electron chi connectivity index (χ4n) is 5.41. The Bertz CT molecular complexity index is 2530. The maximum absolute atomic E-state index is 12.7. The van der Waals surface area contributed by atoms with Crippen molar-refractivity contribution in [2.24, 2.45) is 0 Å². The van der Waals surface area contributed by atoms with Crippen LogP contribution < -0.4 is 30.4 Å². The summed E-state index contributed by atoms with van der Waals surface area (Å²) in [5.74, 6) is 1.11. The molecule has 59 heavy (non-hydrogen) atoms. The number of aromatic amines is 1. The molecule has 0 fully saturated rings. The van der Waals surface area contributed by atoms with Crippen molar-refractivity contribution >= 4 is 58.0 Å². The smallest absolute Gasteiger partial charge is 0.281 e. The highest BCUT2D eigenvalue weighted by molar-refractivity contribution is 6.30. The maximum Gasteiger partial charge on any atom is 0.281 e.